The van der Waals surface area contributed by atoms with Crippen LogP contribution < -0.4 is 4.31 Å². The zero-order valence-electron chi connectivity index (χ0n) is 10.4. The summed E-state index contributed by atoms with van der Waals surface area (Å²) in [5.74, 6) is 0. The summed E-state index contributed by atoms with van der Waals surface area (Å²) >= 11 is 0. The van der Waals surface area contributed by atoms with E-state index in [1.54, 1.807) is 0 Å². The molecule has 0 amide bonds. The van der Waals surface area contributed by atoms with E-state index in [2.05, 4.69) is 0 Å². The number of sulfonamides is 1. The number of fused-ring (bicyclic) bond motifs is 1. The second-order valence-electron chi connectivity index (χ2n) is 5.11. The minimum absolute atomic E-state index is 0.0165. The van der Waals surface area contributed by atoms with Crippen LogP contribution in [0.1, 0.15) is 19.4 Å². The van der Waals surface area contributed by atoms with Gasteiger partial charge in [0.25, 0.3) is 5.69 Å². The van der Waals surface area contributed by atoms with Gasteiger partial charge in [-0.2, -0.15) is 0 Å². The van der Waals surface area contributed by atoms with E-state index in [0.29, 0.717) is 17.8 Å². The monoisotopic (exact) mass is 270 g/mol. The van der Waals surface area contributed by atoms with Gasteiger partial charge in [-0.3, -0.25) is 14.4 Å². The van der Waals surface area contributed by atoms with Crippen molar-refractivity contribution in [1.29, 1.82) is 0 Å². The molecule has 18 heavy (non-hydrogen) atoms. The maximum Gasteiger partial charge on any atom is 0.269 e. The van der Waals surface area contributed by atoms with Gasteiger partial charge < -0.3 is 0 Å². The largest absolute Gasteiger partial charge is 0.269 e. The number of hydrogen-bond acceptors (Lipinski definition) is 4. The highest BCUT2D eigenvalue weighted by atomic mass is 32.2. The number of hydrogen-bond donors (Lipinski definition) is 0. The van der Waals surface area contributed by atoms with Crippen molar-refractivity contribution < 1.29 is 13.3 Å². The molecule has 7 heteroatoms. The second-order valence-corrected chi connectivity index (χ2v) is 7.02. The van der Waals surface area contributed by atoms with Gasteiger partial charge in [-0.25, -0.2) is 8.42 Å². The molecule has 0 bridgehead atoms. The number of rotatable bonds is 2. The van der Waals surface area contributed by atoms with Gasteiger partial charge in [-0.1, -0.05) is 13.8 Å². The highest BCUT2D eigenvalue weighted by Gasteiger charge is 2.39. The molecule has 2 rings (SSSR count). The fourth-order valence-electron chi connectivity index (χ4n) is 2.22. The normalized spacial score (nSPS) is 17.6. The van der Waals surface area contributed by atoms with Crippen LogP contribution in [0.5, 0.6) is 0 Å². The summed E-state index contributed by atoms with van der Waals surface area (Å²) in [6.45, 7) is 4.06. The number of anilines is 1. The molecule has 0 N–H and O–H groups in total. The highest BCUT2D eigenvalue weighted by Crippen LogP contribution is 2.43. The molecule has 1 heterocycles. The first-order chi connectivity index (χ1) is 8.13. The predicted octanol–water partition coefficient (Wildman–Crippen LogP) is 1.65. The molecular weight excluding hydrogens is 256 g/mol. The first-order valence-corrected chi connectivity index (χ1v) is 7.24. The van der Waals surface area contributed by atoms with Gasteiger partial charge in [0.1, 0.15) is 0 Å². The van der Waals surface area contributed by atoms with Crippen LogP contribution in [0.3, 0.4) is 0 Å². The van der Waals surface area contributed by atoms with E-state index in [0.717, 1.165) is 6.26 Å². The van der Waals surface area contributed by atoms with Gasteiger partial charge in [-0.05, 0) is 11.6 Å². The standard InChI is InChI=1S/C11H14N2O4S/c1-11(2)7-12(18(3,16)17)10-5-4-8(13(14)15)6-9(10)11/h4-6H,7H2,1-3H3. The van der Waals surface area contributed by atoms with Crippen LogP contribution in [0.25, 0.3) is 0 Å². The van der Waals surface area contributed by atoms with Gasteiger partial charge in [0.2, 0.25) is 10.0 Å². The lowest BCUT2D eigenvalue weighted by atomic mass is 9.87. The number of nitrogens with zero attached hydrogens (tertiary/aromatic N) is 2. The van der Waals surface area contributed by atoms with E-state index >= 15 is 0 Å². The van der Waals surface area contributed by atoms with Crippen molar-refractivity contribution in [3.05, 3.63) is 33.9 Å². The van der Waals surface area contributed by atoms with E-state index in [4.69, 9.17) is 0 Å². The zero-order valence-corrected chi connectivity index (χ0v) is 11.2. The highest BCUT2D eigenvalue weighted by molar-refractivity contribution is 7.92. The van der Waals surface area contributed by atoms with Gasteiger partial charge in [0.15, 0.2) is 0 Å². The second kappa shape index (κ2) is 3.68. The molecule has 0 fully saturated rings. The van der Waals surface area contributed by atoms with Crippen molar-refractivity contribution in [3.8, 4) is 0 Å². The van der Waals surface area contributed by atoms with Gasteiger partial charge in [0, 0.05) is 24.1 Å². The Bertz CT molecular complexity index is 622. The quantitative estimate of drug-likeness (QED) is 0.604. The summed E-state index contributed by atoms with van der Waals surface area (Å²) in [5.41, 5.74) is 0.789. The Morgan fingerprint density at radius 1 is 1.39 bits per heavy atom. The molecule has 0 saturated carbocycles. The van der Waals surface area contributed by atoms with Gasteiger partial charge in [-0.15, -0.1) is 0 Å². The van der Waals surface area contributed by atoms with Gasteiger partial charge >= 0.3 is 0 Å². The Morgan fingerprint density at radius 3 is 2.50 bits per heavy atom. The Morgan fingerprint density at radius 2 is 2.00 bits per heavy atom. The van der Waals surface area contributed by atoms with Crippen LogP contribution in [0, 0.1) is 10.1 Å². The minimum atomic E-state index is -3.36. The molecule has 0 spiro atoms. The molecule has 0 radical (unpaired) electrons. The summed E-state index contributed by atoms with van der Waals surface area (Å²) in [5, 5.41) is 10.8. The maximum absolute atomic E-state index is 11.7. The molecule has 0 saturated heterocycles. The average Bonchev–Trinajstić information content (AvgIpc) is 2.50. The molecule has 6 nitrogen and oxygen atoms in total. The van der Waals surface area contributed by atoms with Crippen molar-refractivity contribution in [1.82, 2.24) is 0 Å². The molecule has 0 unspecified atom stereocenters. The molecule has 1 aromatic carbocycles. The number of nitro benzene ring substituents is 1. The summed E-state index contributed by atoms with van der Waals surface area (Å²) in [7, 11) is -3.36. The van der Waals surface area contributed by atoms with Crippen molar-refractivity contribution in [3.63, 3.8) is 0 Å². The number of nitro groups is 1. The average molecular weight is 270 g/mol. The Labute approximate surface area is 105 Å². The molecule has 1 aliphatic heterocycles. The van der Waals surface area contributed by atoms with E-state index in [1.165, 1.54) is 22.5 Å². The molecule has 0 aromatic heterocycles. The lowest BCUT2D eigenvalue weighted by Gasteiger charge is -2.20. The lowest BCUT2D eigenvalue weighted by Crippen LogP contribution is -2.32. The fourth-order valence-corrected chi connectivity index (χ4v) is 3.30. The summed E-state index contributed by atoms with van der Waals surface area (Å²) in [6.07, 6.45) is 1.14. The molecule has 1 aromatic rings. The topological polar surface area (TPSA) is 80.5 Å². The van der Waals surface area contributed by atoms with Crippen molar-refractivity contribution in [2.24, 2.45) is 0 Å². The maximum atomic E-state index is 11.7. The van der Waals surface area contributed by atoms with Crippen LogP contribution >= 0.6 is 0 Å². The van der Waals surface area contributed by atoms with Gasteiger partial charge in [0.05, 0.1) is 16.9 Å². The minimum Gasteiger partial charge on any atom is -0.269 e. The van der Waals surface area contributed by atoms with Crippen molar-refractivity contribution in [2.75, 3.05) is 17.1 Å². The first-order valence-electron chi connectivity index (χ1n) is 5.39. The zero-order chi connectivity index (χ0) is 13.7. The third kappa shape index (κ3) is 1.94. The summed E-state index contributed by atoms with van der Waals surface area (Å²) in [6, 6.07) is 4.29. The SMILES string of the molecule is CC1(C)CN(S(C)(=O)=O)c2ccc([N+](=O)[O-])cc21. The fraction of sp³-hybridized carbons (Fsp3) is 0.455. The Hall–Kier alpha value is -1.63. The summed E-state index contributed by atoms with van der Waals surface area (Å²) < 4.78 is 24.7. The smallest absolute Gasteiger partial charge is 0.269 e. The van der Waals surface area contributed by atoms with Crippen LogP contribution in [0.4, 0.5) is 11.4 Å². The van der Waals surface area contributed by atoms with E-state index in [9.17, 15) is 18.5 Å². The number of benzene rings is 1. The Balaban J connectivity index is 2.64. The Kier molecular flexibility index (Phi) is 2.62. The van der Waals surface area contributed by atoms with E-state index in [1.807, 2.05) is 13.8 Å². The molecular formula is C11H14N2O4S. The van der Waals surface area contributed by atoms with Crippen LogP contribution in [-0.2, 0) is 15.4 Å². The van der Waals surface area contributed by atoms with Crippen molar-refractivity contribution >= 4 is 21.4 Å². The van der Waals surface area contributed by atoms with E-state index < -0.39 is 20.4 Å². The van der Waals surface area contributed by atoms with E-state index in [-0.39, 0.29) is 5.69 Å². The molecule has 0 aliphatic carbocycles. The van der Waals surface area contributed by atoms with Crippen LogP contribution in [0.2, 0.25) is 0 Å². The molecule has 98 valence electrons. The van der Waals surface area contributed by atoms with Crippen molar-refractivity contribution in [2.45, 2.75) is 19.3 Å². The molecule has 0 atom stereocenters. The van der Waals surface area contributed by atoms with Crippen LogP contribution in [0.15, 0.2) is 18.2 Å². The summed E-state index contributed by atoms with van der Waals surface area (Å²) in [4.78, 5) is 10.3. The number of non-ortho nitro benzene ring substituents is 1. The van der Waals surface area contributed by atoms with Crippen LogP contribution in [-0.4, -0.2) is 26.1 Å². The lowest BCUT2D eigenvalue weighted by molar-refractivity contribution is -0.384. The first kappa shape index (κ1) is 12.8. The molecule has 1 aliphatic rings. The third-order valence-corrected chi connectivity index (χ3v) is 4.25. The third-order valence-electron chi connectivity index (χ3n) is 3.13. The predicted molar refractivity (Wildman–Crippen MR) is 68.3 cm³/mol.